The van der Waals surface area contributed by atoms with Crippen molar-refractivity contribution in [3.05, 3.63) is 55.8 Å². The van der Waals surface area contributed by atoms with Gasteiger partial charge >= 0.3 is 5.69 Å². The number of hydrogen-bond donors (Lipinski definition) is 1. The molecule has 0 aliphatic carbocycles. The van der Waals surface area contributed by atoms with E-state index in [1.165, 1.54) is 7.05 Å². The van der Waals surface area contributed by atoms with E-state index in [9.17, 15) is 14.4 Å². The molecule has 0 aliphatic rings. The van der Waals surface area contributed by atoms with E-state index in [0.717, 1.165) is 9.25 Å². The van der Waals surface area contributed by atoms with Crippen LogP contribution in [-0.2, 0) is 7.05 Å². The molecule has 0 saturated heterocycles. The lowest BCUT2D eigenvalue weighted by Crippen LogP contribution is -2.45. The summed E-state index contributed by atoms with van der Waals surface area (Å²) in [6.45, 7) is 3.72. The molecule has 23 heavy (non-hydrogen) atoms. The lowest BCUT2D eigenvalue weighted by atomic mass is 10.2. The first-order valence-electron chi connectivity index (χ1n) is 7.12. The first kappa shape index (κ1) is 17.0. The van der Waals surface area contributed by atoms with Gasteiger partial charge in [0.15, 0.2) is 0 Å². The molecule has 0 radical (unpaired) electrons. The summed E-state index contributed by atoms with van der Waals surface area (Å²) in [5, 5.41) is 7.11. The predicted octanol–water partition coefficient (Wildman–Crippen LogP) is 1.11. The Balaban J connectivity index is 2.57. The fraction of sp³-hybridized carbons (Fsp3) is 0.333. The molecule has 1 aromatic heterocycles. The molecule has 0 bridgehead atoms. The van der Waals surface area contributed by atoms with Gasteiger partial charge < -0.3 is 5.32 Å². The topological polar surface area (TPSA) is 86.0 Å². The number of carbonyl (C=O) groups is 1. The van der Waals surface area contributed by atoms with Gasteiger partial charge in [-0.1, -0.05) is 18.5 Å². The van der Waals surface area contributed by atoms with Gasteiger partial charge in [0.25, 0.3) is 11.5 Å². The number of benzene rings is 1. The number of rotatable bonds is 4. The summed E-state index contributed by atoms with van der Waals surface area (Å²) < 4.78 is 1.86. The third-order valence-corrected chi connectivity index (χ3v) is 3.70. The normalized spacial score (nSPS) is 12.0. The van der Waals surface area contributed by atoms with Crippen LogP contribution in [-0.4, -0.2) is 26.3 Å². The second-order valence-electron chi connectivity index (χ2n) is 5.17. The Bertz CT molecular complexity index is 839. The number of nitrogens with one attached hydrogen (secondary N) is 1. The van der Waals surface area contributed by atoms with E-state index in [-0.39, 0.29) is 11.7 Å². The van der Waals surface area contributed by atoms with Crippen molar-refractivity contribution in [1.82, 2.24) is 19.7 Å². The molecule has 7 nitrogen and oxygen atoms in total. The summed E-state index contributed by atoms with van der Waals surface area (Å²) in [6.07, 6.45) is 0.711. The molecule has 1 aromatic carbocycles. The van der Waals surface area contributed by atoms with E-state index >= 15 is 0 Å². The van der Waals surface area contributed by atoms with E-state index in [0.29, 0.717) is 17.1 Å². The van der Waals surface area contributed by atoms with Crippen LogP contribution in [0.15, 0.2) is 33.9 Å². The summed E-state index contributed by atoms with van der Waals surface area (Å²) in [7, 11) is 1.30. The molecule has 0 spiro atoms. The molecule has 2 rings (SSSR count). The van der Waals surface area contributed by atoms with Gasteiger partial charge in [-0.2, -0.15) is 9.78 Å². The van der Waals surface area contributed by atoms with Crippen molar-refractivity contribution in [1.29, 1.82) is 0 Å². The number of carbonyl (C=O) groups excluding carboxylic acids is 1. The highest BCUT2D eigenvalue weighted by Gasteiger charge is 2.19. The van der Waals surface area contributed by atoms with Crippen LogP contribution in [0.1, 0.15) is 30.8 Å². The molecule has 0 aliphatic heterocycles. The standard InChI is InChI=1S/C15H17ClN4O3/c1-4-9(2)17-13(21)12-14(22)19(3)15(23)20(18-12)11-7-5-10(16)6-8-11/h5-9H,4H2,1-3H3,(H,17,21). The molecule has 1 heterocycles. The van der Waals surface area contributed by atoms with Crippen molar-refractivity contribution in [2.45, 2.75) is 26.3 Å². The van der Waals surface area contributed by atoms with Crippen molar-refractivity contribution in [2.24, 2.45) is 7.05 Å². The van der Waals surface area contributed by atoms with Crippen molar-refractivity contribution >= 4 is 17.5 Å². The Kier molecular flexibility index (Phi) is 5.00. The molecule has 8 heteroatoms. The second kappa shape index (κ2) is 6.78. The maximum Gasteiger partial charge on any atom is 0.351 e. The minimum atomic E-state index is -0.735. The maximum atomic E-state index is 12.2. The molecule has 1 unspecified atom stereocenters. The monoisotopic (exact) mass is 336 g/mol. The van der Waals surface area contributed by atoms with Gasteiger partial charge in [0.05, 0.1) is 5.69 Å². The average Bonchev–Trinajstić information content (AvgIpc) is 2.53. The molecule has 1 N–H and O–H groups in total. The van der Waals surface area contributed by atoms with E-state index in [4.69, 9.17) is 11.6 Å². The Hall–Kier alpha value is -2.41. The van der Waals surface area contributed by atoms with Crippen molar-refractivity contribution in [3.63, 3.8) is 0 Å². The van der Waals surface area contributed by atoms with Crippen LogP contribution in [0.4, 0.5) is 0 Å². The summed E-state index contributed by atoms with van der Waals surface area (Å²) in [4.78, 5) is 36.6. The highest BCUT2D eigenvalue weighted by atomic mass is 35.5. The fourth-order valence-corrected chi connectivity index (χ4v) is 1.99. The number of nitrogens with zero attached hydrogens (tertiary/aromatic N) is 3. The van der Waals surface area contributed by atoms with E-state index in [1.807, 2.05) is 13.8 Å². The zero-order valence-corrected chi connectivity index (χ0v) is 13.8. The van der Waals surface area contributed by atoms with Gasteiger partial charge in [-0.15, -0.1) is 0 Å². The van der Waals surface area contributed by atoms with E-state index in [2.05, 4.69) is 10.4 Å². The maximum absolute atomic E-state index is 12.2. The van der Waals surface area contributed by atoms with Gasteiger partial charge in [0.2, 0.25) is 5.69 Å². The Morgan fingerprint density at radius 3 is 2.48 bits per heavy atom. The van der Waals surface area contributed by atoms with Gasteiger partial charge in [-0.25, -0.2) is 4.79 Å². The van der Waals surface area contributed by atoms with Crippen LogP contribution < -0.4 is 16.6 Å². The first-order chi connectivity index (χ1) is 10.8. The molecule has 1 atom stereocenters. The van der Waals surface area contributed by atoms with E-state index < -0.39 is 17.2 Å². The molecule has 2 aromatic rings. The minimum absolute atomic E-state index is 0.107. The van der Waals surface area contributed by atoms with E-state index in [1.54, 1.807) is 24.3 Å². The Labute approximate surface area is 137 Å². The van der Waals surface area contributed by atoms with Crippen molar-refractivity contribution in [2.75, 3.05) is 0 Å². The molecular weight excluding hydrogens is 320 g/mol. The summed E-state index contributed by atoms with van der Waals surface area (Å²) in [5.74, 6) is -0.609. The second-order valence-corrected chi connectivity index (χ2v) is 5.60. The number of halogens is 1. The van der Waals surface area contributed by atoms with Crippen LogP contribution in [0, 0.1) is 0 Å². The molecule has 0 fully saturated rings. The predicted molar refractivity (Wildman–Crippen MR) is 87.3 cm³/mol. The van der Waals surface area contributed by atoms with Crippen LogP contribution in [0.25, 0.3) is 5.69 Å². The summed E-state index contributed by atoms with van der Waals surface area (Å²) >= 11 is 5.82. The lowest BCUT2D eigenvalue weighted by molar-refractivity contribution is 0.0929. The number of aromatic nitrogens is 3. The number of amides is 1. The van der Waals surface area contributed by atoms with Crippen LogP contribution in [0.5, 0.6) is 0 Å². The lowest BCUT2D eigenvalue weighted by Gasteiger charge is -2.12. The van der Waals surface area contributed by atoms with Gasteiger partial charge in [0.1, 0.15) is 0 Å². The average molecular weight is 337 g/mol. The highest BCUT2D eigenvalue weighted by Crippen LogP contribution is 2.11. The molecule has 122 valence electrons. The summed E-state index contributed by atoms with van der Waals surface area (Å²) in [6, 6.07) is 6.24. The van der Waals surface area contributed by atoms with Crippen LogP contribution >= 0.6 is 11.6 Å². The third kappa shape index (κ3) is 3.50. The van der Waals surface area contributed by atoms with Gasteiger partial charge in [0, 0.05) is 18.1 Å². The molecular formula is C15H17ClN4O3. The third-order valence-electron chi connectivity index (χ3n) is 3.45. The Morgan fingerprint density at radius 1 is 1.30 bits per heavy atom. The SMILES string of the molecule is CCC(C)NC(=O)c1nn(-c2ccc(Cl)cc2)c(=O)n(C)c1=O. The zero-order valence-electron chi connectivity index (χ0n) is 13.0. The quantitative estimate of drug-likeness (QED) is 0.906. The minimum Gasteiger partial charge on any atom is -0.348 e. The highest BCUT2D eigenvalue weighted by molar-refractivity contribution is 6.30. The van der Waals surface area contributed by atoms with Crippen molar-refractivity contribution in [3.8, 4) is 5.69 Å². The largest absolute Gasteiger partial charge is 0.351 e. The molecule has 0 saturated carbocycles. The first-order valence-corrected chi connectivity index (χ1v) is 7.50. The number of hydrogen-bond acceptors (Lipinski definition) is 4. The fourth-order valence-electron chi connectivity index (χ4n) is 1.86. The van der Waals surface area contributed by atoms with Crippen molar-refractivity contribution < 1.29 is 4.79 Å². The Morgan fingerprint density at radius 2 is 1.91 bits per heavy atom. The van der Waals surface area contributed by atoms with Gasteiger partial charge in [-0.3, -0.25) is 14.2 Å². The smallest absolute Gasteiger partial charge is 0.348 e. The summed E-state index contributed by atoms with van der Waals surface area (Å²) in [5.41, 5.74) is -1.30. The zero-order chi connectivity index (χ0) is 17.1. The van der Waals surface area contributed by atoms with Crippen LogP contribution in [0.2, 0.25) is 5.02 Å². The molecule has 1 amide bonds. The van der Waals surface area contributed by atoms with Crippen LogP contribution in [0.3, 0.4) is 0 Å². The van der Waals surface area contributed by atoms with Gasteiger partial charge in [-0.05, 0) is 37.6 Å².